The molecule has 28 heavy (non-hydrogen) atoms. The Morgan fingerprint density at radius 2 is 1.86 bits per heavy atom. The molecule has 3 N–H and O–H groups in total. The van der Waals surface area contributed by atoms with Gasteiger partial charge in [-0.2, -0.15) is 8.78 Å². The number of hydrogen-bond donors (Lipinski definition) is 2. The van der Waals surface area contributed by atoms with Gasteiger partial charge in [-0.15, -0.1) is 0 Å². The minimum absolute atomic E-state index is 0.123. The first-order valence-corrected chi connectivity index (χ1v) is 7.84. The molecule has 3 rings (SSSR count). The summed E-state index contributed by atoms with van der Waals surface area (Å²) in [5.41, 5.74) is 5.45. The third-order valence-electron chi connectivity index (χ3n) is 4.11. The number of aromatic nitrogens is 1. The number of nitrogens with two attached hydrogens (primary N) is 1. The van der Waals surface area contributed by atoms with E-state index in [1.54, 1.807) is 0 Å². The molecule has 0 fully saturated rings. The van der Waals surface area contributed by atoms with Gasteiger partial charge in [0.05, 0.1) is 16.8 Å². The fourth-order valence-electron chi connectivity index (χ4n) is 2.74. The van der Waals surface area contributed by atoms with Crippen LogP contribution >= 0.6 is 0 Å². The van der Waals surface area contributed by atoms with Crippen LogP contribution in [0.4, 0.5) is 23.4 Å². The Labute approximate surface area is 154 Å². The second kappa shape index (κ2) is 6.66. The number of nitrogen functional groups attached to an aromatic ring is 1. The highest BCUT2D eigenvalue weighted by atomic mass is 19.3. The first kappa shape index (κ1) is 19.4. The average Bonchev–Trinajstić information content (AvgIpc) is 2.88. The Morgan fingerprint density at radius 1 is 1.18 bits per heavy atom. The first-order valence-electron chi connectivity index (χ1n) is 7.84. The highest BCUT2D eigenvalue weighted by Gasteiger charge is 2.41. The van der Waals surface area contributed by atoms with Gasteiger partial charge in [0.15, 0.2) is 6.61 Å². The Kier molecular flexibility index (Phi) is 4.61. The predicted molar refractivity (Wildman–Crippen MR) is 89.4 cm³/mol. The monoisotopic (exact) mass is 399 g/mol. The van der Waals surface area contributed by atoms with Crippen molar-refractivity contribution in [2.75, 3.05) is 12.3 Å². The summed E-state index contributed by atoms with van der Waals surface area (Å²) in [6.45, 7) is -0.0234. The maximum absolute atomic E-state index is 13.0. The van der Waals surface area contributed by atoms with Crippen molar-refractivity contribution in [3.05, 3.63) is 51.3 Å². The van der Waals surface area contributed by atoms with E-state index in [9.17, 15) is 31.9 Å². The van der Waals surface area contributed by atoms with Crippen molar-refractivity contribution in [1.82, 2.24) is 9.88 Å². The Bertz CT molecular complexity index is 1050. The van der Waals surface area contributed by atoms with Crippen LogP contribution in [-0.2, 0) is 0 Å². The molecule has 2 aromatic rings. The van der Waals surface area contributed by atoms with Crippen molar-refractivity contribution >= 4 is 17.6 Å². The normalized spacial score (nSPS) is 13.6. The lowest BCUT2D eigenvalue weighted by Crippen LogP contribution is -2.33. The first-order chi connectivity index (χ1) is 13.0. The SMILES string of the molecule is Cc1cc(OCC(F)(F)C(F)F)ccc1-n1c(N)c2c(cc1=O)C(=O)NC2=O. The van der Waals surface area contributed by atoms with Gasteiger partial charge in [0.25, 0.3) is 17.4 Å². The maximum atomic E-state index is 13.0. The standard InChI is InChI=1S/C17H13F4N3O4/c1-7-4-8(28-6-17(20,21)16(18)19)2-3-10(7)24-11(25)5-9-12(13(24)22)15(27)23-14(9)26/h2-5,16H,6,22H2,1H3,(H,23,26,27). The molecule has 1 aliphatic rings. The molecule has 0 saturated carbocycles. The van der Waals surface area contributed by atoms with E-state index in [1.165, 1.54) is 25.1 Å². The van der Waals surface area contributed by atoms with Crippen molar-refractivity contribution in [1.29, 1.82) is 0 Å². The number of rotatable bonds is 5. The van der Waals surface area contributed by atoms with Crippen LogP contribution in [0.15, 0.2) is 29.1 Å². The summed E-state index contributed by atoms with van der Waals surface area (Å²) in [6, 6.07) is 4.69. The lowest BCUT2D eigenvalue weighted by molar-refractivity contribution is -0.148. The lowest BCUT2D eigenvalue weighted by atomic mass is 10.1. The van der Waals surface area contributed by atoms with E-state index in [2.05, 4.69) is 0 Å². The number of amides is 2. The van der Waals surface area contributed by atoms with E-state index >= 15 is 0 Å². The minimum Gasteiger partial charge on any atom is -0.487 e. The Hall–Kier alpha value is -3.37. The number of benzene rings is 1. The molecular weight excluding hydrogens is 386 g/mol. The van der Waals surface area contributed by atoms with Gasteiger partial charge >= 0.3 is 12.3 Å². The van der Waals surface area contributed by atoms with Gasteiger partial charge in [-0.3, -0.25) is 24.3 Å². The van der Waals surface area contributed by atoms with Crippen LogP contribution in [0.2, 0.25) is 0 Å². The highest BCUT2D eigenvalue weighted by Crippen LogP contribution is 2.28. The minimum atomic E-state index is -4.31. The van der Waals surface area contributed by atoms with Crippen LogP contribution in [0.3, 0.4) is 0 Å². The molecule has 0 bridgehead atoms. The fourth-order valence-corrected chi connectivity index (χ4v) is 2.74. The van der Waals surface area contributed by atoms with Gasteiger partial charge in [-0.05, 0) is 30.7 Å². The zero-order chi connectivity index (χ0) is 20.8. The van der Waals surface area contributed by atoms with Gasteiger partial charge in [0.1, 0.15) is 11.6 Å². The van der Waals surface area contributed by atoms with E-state index < -0.39 is 36.3 Å². The summed E-state index contributed by atoms with van der Waals surface area (Å²) >= 11 is 0. The zero-order valence-electron chi connectivity index (χ0n) is 14.3. The number of alkyl halides is 4. The maximum Gasteiger partial charge on any atom is 0.340 e. The molecule has 2 amide bonds. The van der Waals surface area contributed by atoms with E-state index in [0.29, 0.717) is 5.56 Å². The molecule has 1 aromatic carbocycles. The van der Waals surface area contributed by atoms with Crippen molar-refractivity contribution in [3.8, 4) is 11.4 Å². The van der Waals surface area contributed by atoms with Gasteiger partial charge in [-0.25, -0.2) is 8.78 Å². The number of fused-ring (bicyclic) bond motifs is 1. The third kappa shape index (κ3) is 3.19. The molecule has 0 radical (unpaired) electrons. The summed E-state index contributed by atoms with van der Waals surface area (Å²) in [5, 5.41) is 2.03. The van der Waals surface area contributed by atoms with Crippen molar-refractivity contribution in [2.45, 2.75) is 19.3 Å². The molecule has 7 nitrogen and oxygen atoms in total. The molecule has 0 aliphatic carbocycles. The molecule has 1 aromatic heterocycles. The van der Waals surface area contributed by atoms with E-state index in [0.717, 1.165) is 10.6 Å². The van der Waals surface area contributed by atoms with Crippen LogP contribution in [0, 0.1) is 6.92 Å². The molecule has 1 aliphatic heterocycles. The number of carbonyl (C=O) groups excluding carboxylic acids is 2. The second-order valence-corrected chi connectivity index (χ2v) is 6.07. The van der Waals surface area contributed by atoms with Gasteiger partial charge < -0.3 is 10.5 Å². The number of pyridine rings is 1. The largest absolute Gasteiger partial charge is 0.487 e. The molecule has 2 heterocycles. The van der Waals surface area contributed by atoms with Gasteiger partial charge in [0.2, 0.25) is 0 Å². The Balaban J connectivity index is 1.98. The molecule has 11 heteroatoms. The summed E-state index contributed by atoms with van der Waals surface area (Å²) in [5.74, 6) is -6.20. The van der Waals surface area contributed by atoms with Crippen molar-refractivity contribution < 1.29 is 31.9 Å². The van der Waals surface area contributed by atoms with Crippen LogP contribution < -0.4 is 21.3 Å². The number of nitrogens with one attached hydrogen (secondary N) is 1. The number of hydrogen-bond acceptors (Lipinski definition) is 5. The van der Waals surface area contributed by atoms with Crippen LogP contribution in [-0.4, -0.2) is 35.3 Å². The van der Waals surface area contributed by atoms with E-state index in [1.807, 2.05) is 5.32 Å². The average molecular weight is 399 g/mol. The van der Waals surface area contributed by atoms with E-state index in [4.69, 9.17) is 10.5 Å². The fraction of sp³-hybridized carbons (Fsp3) is 0.235. The van der Waals surface area contributed by atoms with Gasteiger partial charge in [0, 0.05) is 6.07 Å². The summed E-state index contributed by atoms with van der Waals surface area (Å²) in [7, 11) is 0. The number of anilines is 1. The van der Waals surface area contributed by atoms with Crippen LogP contribution in [0.1, 0.15) is 26.3 Å². The van der Waals surface area contributed by atoms with Crippen LogP contribution in [0.25, 0.3) is 5.69 Å². The van der Waals surface area contributed by atoms with Crippen molar-refractivity contribution in [2.24, 2.45) is 0 Å². The molecule has 148 valence electrons. The quantitative estimate of drug-likeness (QED) is 0.590. The third-order valence-corrected chi connectivity index (χ3v) is 4.11. The zero-order valence-corrected chi connectivity index (χ0v) is 14.3. The predicted octanol–water partition coefficient (Wildman–Crippen LogP) is 1.89. The van der Waals surface area contributed by atoms with Crippen molar-refractivity contribution in [3.63, 3.8) is 0 Å². The van der Waals surface area contributed by atoms with Crippen LogP contribution in [0.5, 0.6) is 5.75 Å². The molecule has 0 unspecified atom stereocenters. The number of carbonyl (C=O) groups is 2. The van der Waals surface area contributed by atoms with E-state index in [-0.39, 0.29) is 28.4 Å². The number of ether oxygens (including phenoxy) is 1. The molecule has 0 saturated heterocycles. The Morgan fingerprint density at radius 3 is 2.46 bits per heavy atom. The topological polar surface area (TPSA) is 103 Å². The number of imide groups is 1. The number of nitrogens with zero attached hydrogens (tertiary/aromatic N) is 1. The number of halogens is 4. The summed E-state index contributed by atoms with van der Waals surface area (Å²) in [4.78, 5) is 36.0. The summed E-state index contributed by atoms with van der Waals surface area (Å²) in [6.07, 6.45) is -3.87. The summed E-state index contributed by atoms with van der Waals surface area (Å²) < 4.78 is 56.0. The smallest absolute Gasteiger partial charge is 0.340 e. The molecule has 0 atom stereocenters. The lowest BCUT2D eigenvalue weighted by Gasteiger charge is -2.18. The van der Waals surface area contributed by atoms with Gasteiger partial charge in [-0.1, -0.05) is 0 Å². The number of aryl methyl sites for hydroxylation is 1. The molecular formula is C17H13F4N3O4. The molecule has 0 spiro atoms. The highest BCUT2D eigenvalue weighted by molar-refractivity contribution is 6.23. The second-order valence-electron chi connectivity index (χ2n) is 6.07.